The number of aryl methyl sites for hydroxylation is 1. The Kier molecular flexibility index (Phi) is 6.36. The third-order valence-electron chi connectivity index (χ3n) is 4.95. The molecule has 0 saturated carbocycles. The van der Waals surface area contributed by atoms with Crippen LogP contribution in [0, 0.1) is 0 Å². The van der Waals surface area contributed by atoms with Crippen LogP contribution in [0.3, 0.4) is 0 Å². The SMILES string of the molecule is CCc1ccccc1OCC(=O)NNC(=O)c1cc(-c2cccnc2)nc2ccccc12. The van der Waals surface area contributed by atoms with Crippen LogP contribution in [0.15, 0.2) is 79.1 Å². The maximum atomic E-state index is 12.9. The Hall–Kier alpha value is -4.26. The Labute approximate surface area is 185 Å². The first-order valence-corrected chi connectivity index (χ1v) is 10.3. The number of pyridine rings is 2. The van der Waals surface area contributed by atoms with Gasteiger partial charge in [-0.3, -0.25) is 25.4 Å². The molecule has 2 aromatic carbocycles. The van der Waals surface area contributed by atoms with Crippen molar-refractivity contribution < 1.29 is 14.3 Å². The van der Waals surface area contributed by atoms with Gasteiger partial charge in [0.15, 0.2) is 6.61 Å². The molecule has 32 heavy (non-hydrogen) atoms. The summed E-state index contributed by atoms with van der Waals surface area (Å²) in [4.78, 5) is 33.9. The monoisotopic (exact) mass is 426 g/mol. The maximum Gasteiger partial charge on any atom is 0.276 e. The summed E-state index contributed by atoms with van der Waals surface area (Å²) in [5, 5.41) is 0.681. The van der Waals surface area contributed by atoms with Crippen LogP contribution in [-0.2, 0) is 11.2 Å². The topological polar surface area (TPSA) is 93.2 Å². The van der Waals surface area contributed by atoms with Crippen molar-refractivity contribution in [2.45, 2.75) is 13.3 Å². The quantitative estimate of drug-likeness (QED) is 0.459. The van der Waals surface area contributed by atoms with E-state index in [9.17, 15) is 9.59 Å². The molecule has 2 heterocycles. The third-order valence-corrected chi connectivity index (χ3v) is 4.95. The van der Waals surface area contributed by atoms with Crippen molar-refractivity contribution >= 4 is 22.7 Å². The van der Waals surface area contributed by atoms with Crippen molar-refractivity contribution in [1.29, 1.82) is 0 Å². The van der Waals surface area contributed by atoms with Gasteiger partial charge in [0, 0.05) is 23.3 Å². The van der Waals surface area contributed by atoms with Gasteiger partial charge in [0.2, 0.25) is 0 Å². The molecule has 0 bridgehead atoms. The van der Waals surface area contributed by atoms with Crippen molar-refractivity contribution in [2.24, 2.45) is 0 Å². The minimum atomic E-state index is -0.463. The van der Waals surface area contributed by atoms with E-state index < -0.39 is 11.8 Å². The Morgan fingerprint density at radius 2 is 1.78 bits per heavy atom. The summed E-state index contributed by atoms with van der Waals surface area (Å²) >= 11 is 0. The van der Waals surface area contributed by atoms with E-state index in [-0.39, 0.29) is 6.61 Å². The number of hydrogen-bond donors (Lipinski definition) is 2. The minimum absolute atomic E-state index is 0.213. The number of nitrogens with zero attached hydrogens (tertiary/aromatic N) is 2. The number of carbonyl (C=O) groups is 2. The molecule has 4 rings (SSSR count). The smallest absolute Gasteiger partial charge is 0.276 e. The van der Waals surface area contributed by atoms with Crippen LogP contribution in [0.2, 0.25) is 0 Å². The van der Waals surface area contributed by atoms with Gasteiger partial charge >= 0.3 is 0 Å². The van der Waals surface area contributed by atoms with Gasteiger partial charge in [-0.05, 0) is 42.3 Å². The third kappa shape index (κ3) is 4.73. The number of ether oxygens (including phenoxy) is 1. The summed E-state index contributed by atoms with van der Waals surface area (Å²) in [5.41, 5.74) is 8.37. The Balaban J connectivity index is 1.48. The average Bonchev–Trinajstić information content (AvgIpc) is 2.86. The average molecular weight is 426 g/mol. The number of aromatic nitrogens is 2. The second-order valence-corrected chi connectivity index (χ2v) is 7.07. The Morgan fingerprint density at radius 1 is 0.969 bits per heavy atom. The summed E-state index contributed by atoms with van der Waals surface area (Å²) in [6.07, 6.45) is 4.16. The van der Waals surface area contributed by atoms with Gasteiger partial charge in [0.05, 0.1) is 16.8 Å². The lowest BCUT2D eigenvalue weighted by molar-refractivity contribution is -0.123. The summed E-state index contributed by atoms with van der Waals surface area (Å²) in [6, 6.07) is 20.3. The van der Waals surface area contributed by atoms with Crippen molar-refractivity contribution in [3.8, 4) is 17.0 Å². The second kappa shape index (κ2) is 9.70. The van der Waals surface area contributed by atoms with Crippen LogP contribution in [0.1, 0.15) is 22.8 Å². The number of benzene rings is 2. The predicted molar refractivity (Wildman–Crippen MR) is 122 cm³/mol. The number of hydrazine groups is 1. The zero-order valence-electron chi connectivity index (χ0n) is 17.5. The van der Waals surface area contributed by atoms with Crippen LogP contribution in [0.4, 0.5) is 0 Å². The molecule has 0 spiro atoms. The Morgan fingerprint density at radius 3 is 2.59 bits per heavy atom. The van der Waals surface area contributed by atoms with Gasteiger partial charge in [0.1, 0.15) is 5.75 Å². The fourth-order valence-corrected chi connectivity index (χ4v) is 3.34. The van der Waals surface area contributed by atoms with Gasteiger partial charge in [-0.15, -0.1) is 0 Å². The van der Waals surface area contributed by atoms with Crippen LogP contribution in [0.25, 0.3) is 22.2 Å². The highest BCUT2D eigenvalue weighted by Gasteiger charge is 2.15. The van der Waals surface area contributed by atoms with Crippen molar-refractivity contribution in [2.75, 3.05) is 6.61 Å². The number of fused-ring (bicyclic) bond motifs is 1. The van der Waals surface area contributed by atoms with E-state index >= 15 is 0 Å². The molecular weight excluding hydrogens is 404 g/mol. The molecule has 7 heteroatoms. The number of nitrogens with one attached hydrogen (secondary N) is 2. The molecule has 0 atom stereocenters. The summed E-state index contributed by atoms with van der Waals surface area (Å²) in [5.74, 6) is -0.260. The van der Waals surface area contributed by atoms with Gasteiger partial charge in [0.25, 0.3) is 11.8 Å². The molecule has 2 N–H and O–H groups in total. The van der Waals surface area contributed by atoms with Crippen LogP contribution in [0.5, 0.6) is 5.75 Å². The standard InChI is InChI=1S/C25H22N4O3/c1-2-17-8-3-6-12-23(17)32-16-24(30)28-29-25(31)20-14-22(18-9-7-13-26-15-18)27-21-11-5-4-10-19(20)21/h3-15H,2,16H2,1H3,(H,28,30)(H,29,31). The van der Waals surface area contributed by atoms with Crippen LogP contribution >= 0.6 is 0 Å². The predicted octanol–water partition coefficient (Wildman–Crippen LogP) is 3.70. The molecule has 0 radical (unpaired) electrons. The number of carbonyl (C=O) groups excluding carboxylic acids is 2. The number of hydrogen-bond acceptors (Lipinski definition) is 5. The minimum Gasteiger partial charge on any atom is -0.483 e. The van der Waals surface area contributed by atoms with E-state index in [1.165, 1.54) is 0 Å². The molecule has 0 aliphatic carbocycles. The highest BCUT2D eigenvalue weighted by Crippen LogP contribution is 2.24. The first-order chi connectivity index (χ1) is 15.7. The molecule has 160 valence electrons. The number of para-hydroxylation sites is 2. The fraction of sp³-hybridized carbons (Fsp3) is 0.120. The molecule has 0 unspecified atom stereocenters. The molecule has 2 amide bonds. The first kappa shape index (κ1) is 21.0. The Bertz CT molecular complexity index is 1260. The molecule has 7 nitrogen and oxygen atoms in total. The summed E-state index contributed by atoms with van der Waals surface area (Å²) in [6.45, 7) is 1.80. The van der Waals surface area contributed by atoms with E-state index in [1.807, 2.05) is 67.6 Å². The first-order valence-electron chi connectivity index (χ1n) is 10.3. The number of amides is 2. The lowest BCUT2D eigenvalue weighted by Crippen LogP contribution is -2.44. The van der Waals surface area contributed by atoms with E-state index in [4.69, 9.17) is 4.74 Å². The summed E-state index contributed by atoms with van der Waals surface area (Å²) < 4.78 is 5.59. The van der Waals surface area contributed by atoms with E-state index in [1.54, 1.807) is 18.5 Å². The lowest BCUT2D eigenvalue weighted by Gasteiger charge is -2.12. The van der Waals surface area contributed by atoms with E-state index in [2.05, 4.69) is 20.8 Å². The lowest BCUT2D eigenvalue weighted by atomic mass is 10.0. The van der Waals surface area contributed by atoms with Gasteiger partial charge in [-0.2, -0.15) is 0 Å². The van der Waals surface area contributed by atoms with Crippen molar-refractivity contribution in [1.82, 2.24) is 20.8 Å². The number of rotatable bonds is 6. The van der Waals surface area contributed by atoms with Gasteiger partial charge in [-0.1, -0.05) is 43.3 Å². The molecule has 0 aliphatic heterocycles. The van der Waals surface area contributed by atoms with Crippen LogP contribution in [-0.4, -0.2) is 28.4 Å². The molecule has 2 aromatic heterocycles. The van der Waals surface area contributed by atoms with E-state index in [0.717, 1.165) is 17.5 Å². The summed E-state index contributed by atoms with van der Waals surface area (Å²) in [7, 11) is 0. The molecular formula is C25H22N4O3. The zero-order chi connectivity index (χ0) is 22.3. The normalized spacial score (nSPS) is 10.5. The van der Waals surface area contributed by atoms with Gasteiger partial charge < -0.3 is 4.74 Å². The molecule has 0 fully saturated rings. The molecule has 0 saturated heterocycles. The maximum absolute atomic E-state index is 12.9. The van der Waals surface area contributed by atoms with Crippen molar-refractivity contribution in [3.05, 3.63) is 90.3 Å². The highest BCUT2D eigenvalue weighted by atomic mass is 16.5. The highest BCUT2D eigenvalue weighted by molar-refractivity contribution is 6.07. The fourth-order valence-electron chi connectivity index (χ4n) is 3.34. The zero-order valence-corrected chi connectivity index (χ0v) is 17.5. The molecule has 4 aromatic rings. The van der Waals surface area contributed by atoms with Crippen LogP contribution < -0.4 is 15.6 Å². The van der Waals surface area contributed by atoms with Crippen molar-refractivity contribution in [3.63, 3.8) is 0 Å². The van der Waals surface area contributed by atoms with Gasteiger partial charge in [-0.25, -0.2) is 4.98 Å². The van der Waals surface area contributed by atoms with E-state index in [0.29, 0.717) is 27.9 Å². The second-order valence-electron chi connectivity index (χ2n) is 7.07. The molecule has 0 aliphatic rings. The largest absolute Gasteiger partial charge is 0.483 e.